The van der Waals surface area contributed by atoms with Gasteiger partial charge in [0.05, 0.1) is 11.7 Å². The minimum absolute atomic E-state index is 0.462. The summed E-state index contributed by atoms with van der Waals surface area (Å²) in [4.78, 5) is 14.9. The number of nitrogen functional groups attached to an aromatic ring is 1. The first kappa shape index (κ1) is 12.3. The quantitative estimate of drug-likeness (QED) is 0.748. The monoisotopic (exact) mass is 297 g/mol. The van der Waals surface area contributed by atoms with E-state index in [-0.39, 0.29) is 0 Å². The maximum atomic E-state index is 6.13. The largest absolute Gasteiger partial charge is 0.384 e. The Bertz CT molecular complexity index is 849. The van der Waals surface area contributed by atoms with E-state index in [4.69, 9.17) is 17.3 Å². The lowest BCUT2D eigenvalue weighted by atomic mass is 10.2. The number of halogens is 1. The molecule has 0 saturated heterocycles. The molecule has 0 aliphatic carbocycles. The highest BCUT2D eigenvalue weighted by molar-refractivity contribution is 6.31. The number of benzene rings is 1. The van der Waals surface area contributed by atoms with Crippen LogP contribution in [0.4, 0.5) is 17.3 Å². The number of anilines is 3. The molecule has 0 amide bonds. The lowest BCUT2D eigenvalue weighted by molar-refractivity contribution is 0.974. The zero-order valence-corrected chi connectivity index (χ0v) is 11.9. The van der Waals surface area contributed by atoms with Gasteiger partial charge in [0.25, 0.3) is 0 Å². The third-order valence-corrected chi connectivity index (χ3v) is 3.96. The summed E-state index contributed by atoms with van der Waals surface area (Å²) in [7, 11) is 0. The minimum atomic E-state index is 0.462. The van der Waals surface area contributed by atoms with Crippen LogP contribution in [-0.2, 0) is 6.42 Å². The van der Waals surface area contributed by atoms with Crippen LogP contribution in [0.3, 0.4) is 0 Å². The second-order valence-corrected chi connectivity index (χ2v) is 5.43. The van der Waals surface area contributed by atoms with Crippen LogP contribution in [0.5, 0.6) is 0 Å². The van der Waals surface area contributed by atoms with Gasteiger partial charge in [-0.3, -0.25) is 0 Å². The van der Waals surface area contributed by atoms with Crippen molar-refractivity contribution in [3.63, 3.8) is 0 Å². The number of fused-ring (bicyclic) bond motifs is 2. The molecule has 0 fully saturated rings. The van der Waals surface area contributed by atoms with Gasteiger partial charge >= 0.3 is 0 Å². The van der Waals surface area contributed by atoms with Crippen molar-refractivity contribution >= 4 is 39.8 Å². The molecular formula is C15H12ClN5. The molecule has 4 rings (SSSR count). The van der Waals surface area contributed by atoms with Gasteiger partial charge in [-0.25, -0.2) is 15.0 Å². The van der Waals surface area contributed by atoms with Crippen LogP contribution in [-0.4, -0.2) is 21.5 Å². The molecule has 0 bridgehead atoms. The number of pyridine rings is 1. The first-order chi connectivity index (χ1) is 10.2. The number of hydrogen-bond donors (Lipinski definition) is 1. The Kier molecular flexibility index (Phi) is 2.68. The Morgan fingerprint density at radius 1 is 1.14 bits per heavy atom. The zero-order chi connectivity index (χ0) is 14.4. The Hall–Kier alpha value is -2.40. The molecule has 0 saturated carbocycles. The fourth-order valence-electron chi connectivity index (χ4n) is 2.75. The molecule has 104 valence electrons. The average molecular weight is 298 g/mol. The van der Waals surface area contributed by atoms with E-state index in [1.165, 1.54) is 5.56 Å². The highest BCUT2D eigenvalue weighted by Crippen LogP contribution is 2.37. The number of nitrogens with zero attached hydrogens (tertiary/aromatic N) is 4. The first-order valence-electron chi connectivity index (χ1n) is 6.64. The summed E-state index contributed by atoms with van der Waals surface area (Å²) in [6, 6.07) is 7.77. The van der Waals surface area contributed by atoms with Crippen molar-refractivity contribution in [3.8, 4) is 0 Å². The Balaban J connectivity index is 1.93. The van der Waals surface area contributed by atoms with Crippen molar-refractivity contribution in [2.24, 2.45) is 0 Å². The van der Waals surface area contributed by atoms with Gasteiger partial charge in [0.15, 0.2) is 0 Å². The predicted molar refractivity (Wildman–Crippen MR) is 83.9 cm³/mol. The van der Waals surface area contributed by atoms with E-state index in [1.54, 1.807) is 12.5 Å². The van der Waals surface area contributed by atoms with Crippen molar-refractivity contribution < 1.29 is 0 Å². The number of nitrogens with two attached hydrogens (primary N) is 1. The number of aromatic nitrogens is 3. The third kappa shape index (κ3) is 1.97. The smallest absolute Gasteiger partial charge is 0.144 e. The Labute approximate surface area is 126 Å². The van der Waals surface area contributed by atoms with E-state index in [0.29, 0.717) is 5.82 Å². The van der Waals surface area contributed by atoms with Crippen molar-refractivity contribution in [1.82, 2.24) is 15.0 Å². The van der Waals surface area contributed by atoms with Gasteiger partial charge in [-0.15, -0.1) is 0 Å². The maximum Gasteiger partial charge on any atom is 0.144 e. The molecule has 5 nitrogen and oxygen atoms in total. The molecule has 21 heavy (non-hydrogen) atoms. The molecule has 1 aliphatic heterocycles. The van der Waals surface area contributed by atoms with Crippen LogP contribution in [0.2, 0.25) is 5.02 Å². The van der Waals surface area contributed by atoms with Crippen LogP contribution in [0, 0.1) is 0 Å². The van der Waals surface area contributed by atoms with E-state index < -0.39 is 0 Å². The molecule has 3 heterocycles. The van der Waals surface area contributed by atoms with Crippen molar-refractivity contribution in [2.45, 2.75) is 6.42 Å². The van der Waals surface area contributed by atoms with Gasteiger partial charge in [-0.05, 0) is 30.2 Å². The van der Waals surface area contributed by atoms with Crippen LogP contribution >= 0.6 is 11.6 Å². The summed E-state index contributed by atoms with van der Waals surface area (Å²) < 4.78 is 0. The Morgan fingerprint density at radius 3 is 2.95 bits per heavy atom. The van der Waals surface area contributed by atoms with Gasteiger partial charge in [0.2, 0.25) is 0 Å². The second kappa shape index (κ2) is 4.56. The van der Waals surface area contributed by atoms with Crippen LogP contribution in [0.25, 0.3) is 10.9 Å². The molecule has 0 atom stereocenters. The molecule has 6 heteroatoms. The van der Waals surface area contributed by atoms with Gasteiger partial charge in [0.1, 0.15) is 18.0 Å². The van der Waals surface area contributed by atoms with Gasteiger partial charge < -0.3 is 10.6 Å². The fourth-order valence-corrected chi connectivity index (χ4v) is 2.92. The number of hydrogen-bond acceptors (Lipinski definition) is 5. The second-order valence-electron chi connectivity index (χ2n) is 5.00. The minimum Gasteiger partial charge on any atom is -0.384 e. The van der Waals surface area contributed by atoms with E-state index >= 15 is 0 Å². The molecule has 0 radical (unpaired) electrons. The lowest BCUT2D eigenvalue weighted by Gasteiger charge is -2.20. The molecule has 0 spiro atoms. The van der Waals surface area contributed by atoms with Crippen molar-refractivity contribution in [1.29, 1.82) is 0 Å². The van der Waals surface area contributed by atoms with Gasteiger partial charge in [0, 0.05) is 22.6 Å². The zero-order valence-electron chi connectivity index (χ0n) is 11.1. The maximum absolute atomic E-state index is 6.13. The Morgan fingerprint density at radius 2 is 2.05 bits per heavy atom. The summed E-state index contributed by atoms with van der Waals surface area (Å²) in [5, 5.41) is 1.62. The SMILES string of the molecule is Nc1cc2c(N3CCc4ccc(Cl)cc43)ncnc2cn1. The molecule has 3 aromatic rings. The standard InChI is InChI=1S/C15H12ClN5/c16-10-2-1-9-3-4-21(13(9)5-10)15-11-6-14(17)18-7-12(11)19-8-20-15/h1-2,5-8H,3-4H2,(H2,17,18). The van der Waals surface area contributed by atoms with E-state index in [0.717, 1.165) is 40.4 Å². The fraction of sp³-hybridized carbons (Fsp3) is 0.133. The summed E-state index contributed by atoms with van der Waals surface area (Å²) >= 11 is 6.13. The van der Waals surface area contributed by atoms with Crippen molar-refractivity contribution in [3.05, 3.63) is 47.4 Å². The van der Waals surface area contributed by atoms with E-state index in [2.05, 4.69) is 25.9 Å². The van der Waals surface area contributed by atoms with Crippen LogP contribution in [0.15, 0.2) is 36.8 Å². The topological polar surface area (TPSA) is 67.9 Å². The van der Waals surface area contributed by atoms with Crippen molar-refractivity contribution in [2.75, 3.05) is 17.2 Å². The number of rotatable bonds is 1. The van der Waals surface area contributed by atoms with Crippen LogP contribution in [0.1, 0.15) is 5.56 Å². The molecule has 2 N–H and O–H groups in total. The predicted octanol–water partition coefficient (Wildman–Crippen LogP) is 2.95. The normalized spacial score (nSPS) is 13.7. The summed E-state index contributed by atoms with van der Waals surface area (Å²) in [6.07, 6.45) is 4.20. The third-order valence-electron chi connectivity index (χ3n) is 3.72. The first-order valence-corrected chi connectivity index (χ1v) is 7.02. The summed E-state index contributed by atoms with van der Waals surface area (Å²) in [6.45, 7) is 0.865. The summed E-state index contributed by atoms with van der Waals surface area (Å²) in [5.41, 5.74) is 8.95. The van der Waals surface area contributed by atoms with Gasteiger partial charge in [-0.1, -0.05) is 17.7 Å². The molecule has 0 unspecified atom stereocenters. The molecule has 1 aromatic carbocycles. The molecule has 1 aliphatic rings. The average Bonchev–Trinajstić information content (AvgIpc) is 2.89. The summed E-state index contributed by atoms with van der Waals surface area (Å²) in [5.74, 6) is 1.30. The highest BCUT2D eigenvalue weighted by Gasteiger charge is 2.23. The lowest BCUT2D eigenvalue weighted by Crippen LogP contribution is -2.15. The van der Waals surface area contributed by atoms with Crippen LogP contribution < -0.4 is 10.6 Å². The van der Waals surface area contributed by atoms with E-state index in [1.807, 2.05) is 18.2 Å². The van der Waals surface area contributed by atoms with Gasteiger partial charge in [-0.2, -0.15) is 0 Å². The highest BCUT2D eigenvalue weighted by atomic mass is 35.5. The molecule has 2 aromatic heterocycles. The van der Waals surface area contributed by atoms with E-state index in [9.17, 15) is 0 Å². The molecular weight excluding hydrogens is 286 g/mol.